The van der Waals surface area contributed by atoms with Crippen LogP contribution in [-0.4, -0.2) is 22.4 Å². The van der Waals surface area contributed by atoms with Crippen LogP contribution in [0.1, 0.15) is 23.9 Å². The van der Waals surface area contributed by atoms with Gasteiger partial charge in [0.15, 0.2) is 5.75 Å². The van der Waals surface area contributed by atoms with E-state index in [1.807, 2.05) is 41.8 Å². The highest BCUT2D eigenvalue weighted by atomic mass is 35.5. The number of thiophene rings is 1. The van der Waals surface area contributed by atoms with Gasteiger partial charge in [-0.15, -0.1) is 11.3 Å². The molecular formula is C19H20ClN3O2S. The van der Waals surface area contributed by atoms with Crippen LogP contribution in [0.15, 0.2) is 48.0 Å². The van der Waals surface area contributed by atoms with E-state index in [1.165, 1.54) is 4.88 Å². The monoisotopic (exact) mass is 389 g/mol. The minimum atomic E-state index is -0.463. The molecule has 3 rings (SSSR count). The summed E-state index contributed by atoms with van der Waals surface area (Å²) in [6.07, 6.45) is 3.57. The molecule has 0 aliphatic carbocycles. The number of nitrogens with zero attached hydrogens (tertiary/aromatic N) is 2. The molecule has 0 aliphatic heterocycles. The first-order valence-corrected chi connectivity index (χ1v) is 9.74. The molecule has 0 spiro atoms. The van der Waals surface area contributed by atoms with Crippen LogP contribution in [0.25, 0.3) is 5.69 Å². The van der Waals surface area contributed by atoms with Crippen molar-refractivity contribution >= 4 is 29.0 Å². The first kappa shape index (κ1) is 18.5. The van der Waals surface area contributed by atoms with E-state index < -0.39 is 6.09 Å². The highest BCUT2D eigenvalue weighted by Gasteiger charge is 2.16. The molecule has 136 valence electrons. The summed E-state index contributed by atoms with van der Waals surface area (Å²) in [5.41, 5.74) is 1.74. The van der Waals surface area contributed by atoms with E-state index in [-0.39, 0.29) is 0 Å². The standard InChI is InChI=1S/C19H20ClN3O2S/c1-2-4-17-18(13-22-23(17)15-8-6-14(20)7-9-15)25-19(24)21-11-10-16-5-3-12-26-16/h3,5-9,12-13H,2,4,10-11H2,1H3,(H,21,24). The van der Waals surface area contributed by atoms with Crippen LogP contribution >= 0.6 is 22.9 Å². The molecule has 5 nitrogen and oxygen atoms in total. The summed E-state index contributed by atoms with van der Waals surface area (Å²) in [5, 5.41) is 9.86. The number of nitrogens with one attached hydrogen (secondary N) is 1. The summed E-state index contributed by atoms with van der Waals surface area (Å²) in [6.45, 7) is 2.61. The zero-order chi connectivity index (χ0) is 18.4. The van der Waals surface area contributed by atoms with E-state index in [0.29, 0.717) is 17.3 Å². The molecule has 0 saturated carbocycles. The Morgan fingerprint density at radius 2 is 2.08 bits per heavy atom. The maximum atomic E-state index is 12.1. The van der Waals surface area contributed by atoms with E-state index in [1.54, 1.807) is 22.2 Å². The minimum Gasteiger partial charge on any atom is -0.407 e. The highest BCUT2D eigenvalue weighted by molar-refractivity contribution is 7.09. The third kappa shape index (κ3) is 4.65. The van der Waals surface area contributed by atoms with E-state index in [2.05, 4.69) is 17.3 Å². The molecule has 1 aromatic carbocycles. The SMILES string of the molecule is CCCc1c(OC(=O)NCCc2cccs2)cnn1-c1ccc(Cl)cc1. The Bertz CT molecular complexity index is 844. The molecule has 0 unspecified atom stereocenters. The predicted octanol–water partition coefficient (Wildman–Crippen LogP) is 4.87. The van der Waals surface area contributed by atoms with Crippen molar-refractivity contribution in [2.75, 3.05) is 6.54 Å². The number of hydrogen-bond acceptors (Lipinski definition) is 4. The Kier molecular flexibility index (Phi) is 6.30. The molecule has 0 radical (unpaired) electrons. The zero-order valence-corrected chi connectivity index (χ0v) is 16.0. The summed E-state index contributed by atoms with van der Waals surface area (Å²) in [7, 11) is 0. The molecule has 1 N–H and O–H groups in total. The molecule has 0 aliphatic rings. The molecule has 7 heteroatoms. The first-order chi connectivity index (χ1) is 12.7. The fourth-order valence-corrected chi connectivity index (χ4v) is 3.43. The summed E-state index contributed by atoms with van der Waals surface area (Å²) >= 11 is 7.63. The maximum Gasteiger partial charge on any atom is 0.412 e. The maximum absolute atomic E-state index is 12.1. The average Bonchev–Trinajstić information content (AvgIpc) is 3.27. The molecule has 2 heterocycles. The van der Waals surface area contributed by atoms with Crippen molar-refractivity contribution in [3.8, 4) is 11.4 Å². The molecule has 2 aromatic heterocycles. The second-order valence-corrected chi connectivity index (χ2v) is 7.21. The number of aromatic nitrogens is 2. The highest BCUT2D eigenvalue weighted by Crippen LogP contribution is 2.24. The molecular weight excluding hydrogens is 370 g/mol. The van der Waals surface area contributed by atoms with Crippen LogP contribution in [0.2, 0.25) is 5.02 Å². The van der Waals surface area contributed by atoms with Gasteiger partial charge >= 0.3 is 6.09 Å². The fraction of sp³-hybridized carbons (Fsp3) is 0.263. The average molecular weight is 390 g/mol. The Labute approximate surface area is 161 Å². The number of halogens is 1. The lowest BCUT2D eigenvalue weighted by atomic mass is 10.2. The molecule has 0 fully saturated rings. The molecule has 1 amide bonds. The normalized spacial score (nSPS) is 10.7. The van der Waals surface area contributed by atoms with Gasteiger partial charge < -0.3 is 10.1 Å². The fourth-order valence-electron chi connectivity index (χ4n) is 2.59. The van der Waals surface area contributed by atoms with Crippen LogP contribution in [0, 0.1) is 0 Å². The number of ether oxygens (including phenoxy) is 1. The number of rotatable bonds is 7. The van der Waals surface area contributed by atoms with Crippen LogP contribution in [0.3, 0.4) is 0 Å². The van der Waals surface area contributed by atoms with Crippen LogP contribution in [0.5, 0.6) is 5.75 Å². The second-order valence-electron chi connectivity index (χ2n) is 5.74. The second kappa shape index (κ2) is 8.87. The van der Waals surface area contributed by atoms with Crippen molar-refractivity contribution in [3.05, 3.63) is 63.6 Å². The number of hydrogen-bond donors (Lipinski definition) is 1. The Balaban J connectivity index is 1.67. The van der Waals surface area contributed by atoms with Crippen LogP contribution in [-0.2, 0) is 12.8 Å². The van der Waals surface area contributed by atoms with Gasteiger partial charge in [-0.05, 0) is 48.6 Å². The van der Waals surface area contributed by atoms with Crippen molar-refractivity contribution in [2.45, 2.75) is 26.2 Å². The van der Waals surface area contributed by atoms with Crippen LogP contribution in [0.4, 0.5) is 4.79 Å². The lowest BCUT2D eigenvalue weighted by Crippen LogP contribution is -2.28. The molecule has 26 heavy (non-hydrogen) atoms. The van der Waals surface area contributed by atoms with Gasteiger partial charge in [0, 0.05) is 16.4 Å². The smallest absolute Gasteiger partial charge is 0.407 e. The summed E-state index contributed by atoms with van der Waals surface area (Å²) in [5.74, 6) is 0.482. The summed E-state index contributed by atoms with van der Waals surface area (Å²) < 4.78 is 7.27. The predicted molar refractivity (Wildman–Crippen MR) is 105 cm³/mol. The Morgan fingerprint density at radius 3 is 2.77 bits per heavy atom. The topological polar surface area (TPSA) is 56.1 Å². The quantitative estimate of drug-likeness (QED) is 0.627. The number of carbonyl (C=O) groups excluding carboxylic acids is 1. The van der Waals surface area contributed by atoms with Gasteiger partial charge in [-0.1, -0.05) is 31.0 Å². The minimum absolute atomic E-state index is 0.463. The molecule has 3 aromatic rings. The largest absolute Gasteiger partial charge is 0.412 e. The number of benzene rings is 1. The number of amides is 1. The van der Waals surface area contributed by atoms with Crippen molar-refractivity contribution < 1.29 is 9.53 Å². The van der Waals surface area contributed by atoms with E-state index in [4.69, 9.17) is 16.3 Å². The van der Waals surface area contributed by atoms with Crippen molar-refractivity contribution in [1.82, 2.24) is 15.1 Å². The van der Waals surface area contributed by atoms with Gasteiger partial charge in [-0.3, -0.25) is 0 Å². The first-order valence-electron chi connectivity index (χ1n) is 8.48. The van der Waals surface area contributed by atoms with Crippen molar-refractivity contribution in [1.29, 1.82) is 0 Å². The van der Waals surface area contributed by atoms with Crippen molar-refractivity contribution in [3.63, 3.8) is 0 Å². The summed E-state index contributed by atoms with van der Waals surface area (Å²) in [4.78, 5) is 13.3. The van der Waals surface area contributed by atoms with E-state index in [9.17, 15) is 4.79 Å². The number of carbonyl (C=O) groups is 1. The third-order valence-corrected chi connectivity index (χ3v) is 5.00. The van der Waals surface area contributed by atoms with Crippen LogP contribution < -0.4 is 10.1 Å². The molecule has 0 atom stereocenters. The lowest BCUT2D eigenvalue weighted by Gasteiger charge is -2.10. The van der Waals surface area contributed by atoms with E-state index in [0.717, 1.165) is 30.6 Å². The zero-order valence-electron chi connectivity index (χ0n) is 14.4. The third-order valence-electron chi connectivity index (χ3n) is 3.81. The van der Waals surface area contributed by atoms with E-state index >= 15 is 0 Å². The van der Waals surface area contributed by atoms with Gasteiger partial charge in [0.1, 0.15) is 0 Å². The van der Waals surface area contributed by atoms with Gasteiger partial charge in [-0.25, -0.2) is 9.48 Å². The Hall–Kier alpha value is -2.31. The van der Waals surface area contributed by atoms with Gasteiger partial charge in [0.05, 0.1) is 17.6 Å². The van der Waals surface area contributed by atoms with Gasteiger partial charge in [-0.2, -0.15) is 5.10 Å². The van der Waals surface area contributed by atoms with Gasteiger partial charge in [0.2, 0.25) is 0 Å². The van der Waals surface area contributed by atoms with Gasteiger partial charge in [0.25, 0.3) is 0 Å². The molecule has 0 saturated heterocycles. The summed E-state index contributed by atoms with van der Waals surface area (Å²) in [6, 6.07) is 11.4. The van der Waals surface area contributed by atoms with Crippen molar-refractivity contribution in [2.24, 2.45) is 0 Å². The lowest BCUT2D eigenvalue weighted by molar-refractivity contribution is 0.200. The Morgan fingerprint density at radius 1 is 1.27 bits per heavy atom. The molecule has 0 bridgehead atoms.